The summed E-state index contributed by atoms with van der Waals surface area (Å²) in [5.74, 6) is 0. The summed E-state index contributed by atoms with van der Waals surface area (Å²) >= 11 is 0. The number of piperazine rings is 1. The molecule has 0 unspecified atom stereocenters. The molecule has 0 bridgehead atoms. The maximum Gasteiger partial charge on any atom is 0.292 e. The van der Waals surface area contributed by atoms with Crippen LogP contribution in [0.25, 0.3) is 0 Å². The molecule has 0 saturated carbocycles. The van der Waals surface area contributed by atoms with Crippen LogP contribution < -0.4 is 4.90 Å². The van der Waals surface area contributed by atoms with E-state index in [0.29, 0.717) is 17.3 Å². The molecule has 0 aliphatic carbocycles. The minimum Gasteiger partial charge on any atom is -0.363 e. The van der Waals surface area contributed by atoms with Gasteiger partial charge in [0.15, 0.2) is 0 Å². The number of benzene rings is 1. The molecule has 106 valence electrons. The van der Waals surface area contributed by atoms with E-state index in [4.69, 9.17) is 5.26 Å². The van der Waals surface area contributed by atoms with E-state index in [1.165, 1.54) is 12.1 Å². The van der Waals surface area contributed by atoms with Crippen LogP contribution in [-0.4, -0.2) is 42.0 Å². The predicted molar refractivity (Wildman–Crippen MR) is 76.7 cm³/mol. The molecule has 1 saturated heterocycles. The Labute approximate surface area is 118 Å². The highest BCUT2D eigenvalue weighted by atomic mass is 16.6. The molecule has 0 spiro atoms. The SMILES string of the molecule is CC(C)N1CCN(c2cc(C#N)ccc2[N+](=O)[O-])CC1. The zero-order valence-corrected chi connectivity index (χ0v) is 11.7. The van der Waals surface area contributed by atoms with Crippen molar-refractivity contribution < 1.29 is 4.92 Å². The summed E-state index contributed by atoms with van der Waals surface area (Å²) in [5, 5.41) is 20.1. The van der Waals surface area contributed by atoms with Crippen molar-refractivity contribution in [1.82, 2.24) is 4.90 Å². The summed E-state index contributed by atoms with van der Waals surface area (Å²) < 4.78 is 0. The van der Waals surface area contributed by atoms with Crippen LogP contribution in [0, 0.1) is 21.4 Å². The van der Waals surface area contributed by atoms with Gasteiger partial charge in [-0.15, -0.1) is 0 Å². The lowest BCUT2D eigenvalue weighted by atomic mass is 10.1. The van der Waals surface area contributed by atoms with Crippen LogP contribution in [-0.2, 0) is 0 Å². The molecule has 6 heteroatoms. The largest absolute Gasteiger partial charge is 0.363 e. The molecular weight excluding hydrogens is 256 g/mol. The molecule has 0 amide bonds. The van der Waals surface area contributed by atoms with Crippen molar-refractivity contribution in [2.24, 2.45) is 0 Å². The van der Waals surface area contributed by atoms with Gasteiger partial charge in [0, 0.05) is 38.3 Å². The lowest BCUT2D eigenvalue weighted by molar-refractivity contribution is -0.384. The molecule has 1 aliphatic heterocycles. The summed E-state index contributed by atoms with van der Waals surface area (Å²) in [7, 11) is 0. The van der Waals surface area contributed by atoms with Crippen molar-refractivity contribution in [2.45, 2.75) is 19.9 Å². The Morgan fingerprint density at radius 1 is 1.30 bits per heavy atom. The number of nitrogens with zero attached hydrogens (tertiary/aromatic N) is 4. The molecule has 2 rings (SSSR count). The molecule has 1 aliphatic rings. The minimum absolute atomic E-state index is 0.0713. The Bertz CT molecular complexity index is 543. The number of nitriles is 1. The van der Waals surface area contributed by atoms with Crippen molar-refractivity contribution in [3.8, 4) is 6.07 Å². The van der Waals surface area contributed by atoms with Gasteiger partial charge < -0.3 is 4.90 Å². The van der Waals surface area contributed by atoms with E-state index in [0.717, 1.165) is 26.2 Å². The summed E-state index contributed by atoms with van der Waals surface area (Å²) in [6.07, 6.45) is 0. The molecule has 20 heavy (non-hydrogen) atoms. The maximum absolute atomic E-state index is 11.1. The van der Waals surface area contributed by atoms with Gasteiger partial charge in [0.25, 0.3) is 5.69 Å². The molecule has 0 aromatic heterocycles. The van der Waals surface area contributed by atoms with Crippen LogP contribution >= 0.6 is 0 Å². The highest BCUT2D eigenvalue weighted by Gasteiger charge is 2.24. The van der Waals surface area contributed by atoms with Crippen LogP contribution in [0.5, 0.6) is 0 Å². The quantitative estimate of drug-likeness (QED) is 0.622. The monoisotopic (exact) mass is 274 g/mol. The average molecular weight is 274 g/mol. The highest BCUT2D eigenvalue weighted by Crippen LogP contribution is 2.30. The van der Waals surface area contributed by atoms with Crippen molar-refractivity contribution in [3.05, 3.63) is 33.9 Å². The van der Waals surface area contributed by atoms with E-state index >= 15 is 0 Å². The first-order valence-electron chi connectivity index (χ1n) is 6.70. The Morgan fingerprint density at radius 2 is 1.95 bits per heavy atom. The Balaban J connectivity index is 2.24. The van der Waals surface area contributed by atoms with Crippen molar-refractivity contribution >= 4 is 11.4 Å². The number of hydrogen-bond acceptors (Lipinski definition) is 5. The average Bonchev–Trinajstić information content (AvgIpc) is 2.46. The molecule has 1 aromatic rings. The lowest BCUT2D eigenvalue weighted by Crippen LogP contribution is -2.49. The van der Waals surface area contributed by atoms with Gasteiger partial charge >= 0.3 is 0 Å². The molecule has 0 N–H and O–H groups in total. The topological polar surface area (TPSA) is 73.4 Å². The second-order valence-electron chi connectivity index (χ2n) is 5.19. The van der Waals surface area contributed by atoms with Gasteiger partial charge in [-0.05, 0) is 26.0 Å². The van der Waals surface area contributed by atoms with Gasteiger partial charge in [-0.2, -0.15) is 5.26 Å². The predicted octanol–water partition coefficient (Wildman–Crippen LogP) is 2.00. The van der Waals surface area contributed by atoms with Crippen molar-refractivity contribution in [1.29, 1.82) is 5.26 Å². The summed E-state index contributed by atoms with van der Waals surface area (Å²) in [4.78, 5) is 15.1. The number of nitro benzene ring substituents is 1. The van der Waals surface area contributed by atoms with Gasteiger partial charge in [0.2, 0.25) is 0 Å². The summed E-state index contributed by atoms with van der Waals surface area (Å²) in [5.41, 5.74) is 1.08. The van der Waals surface area contributed by atoms with Crippen LogP contribution in [0.15, 0.2) is 18.2 Å². The van der Waals surface area contributed by atoms with Crippen molar-refractivity contribution in [2.75, 3.05) is 31.1 Å². The van der Waals surface area contributed by atoms with Crippen LogP contribution in [0.2, 0.25) is 0 Å². The van der Waals surface area contributed by atoms with Crippen LogP contribution in [0.3, 0.4) is 0 Å². The minimum atomic E-state index is -0.384. The first-order chi connectivity index (χ1) is 9.52. The van der Waals surface area contributed by atoms with E-state index in [1.54, 1.807) is 6.07 Å². The fourth-order valence-corrected chi connectivity index (χ4v) is 2.48. The standard InChI is InChI=1S/C14H18N4O2/c1-11(2)16-5-7-17(8-6-16)14-9-12(10-15)3-4-13(14)18(19)20/h3-4,9,11H,5-8H2,1-2H3. The zero-order chi connectivity index (χ0) is 14.7. The number of rotatable bonds is 3. The number of nitro groups is 1. The Morgan fingerprint density at radius 3 is 2.45 bits per heavy atom. The molecule has 6 nitrogen and oxygen atoms in total. The molecule has 0 atom stereocenters. The van der Waals surface area contributed by atoms with Gasteiger partial charge in [0.05, 0.1) is 16.6 Å². The first-order valence-corrected chi connectivity index (χ1v) is 6.70. The lowest BCUT2D eigenvalue weighted by Gasteiger charge is -2.37. The van der Waals surface area contributed by atoms with Gasteiger partial charge in [-0.3, -0.25) is 15.0 Å². The zero-order valence-electron chi connectivity index (χ0n) is 11.7. The molecule has 0 radical (unpaired) electrons. The Kier molecular flexibility index (Phi) is 4.20. The Hall–Kier alpha value is -2.13. The van der Waals surface area contributed by atoms with Gasteiger partial charge in [0.1, 0.15) is 5.69 Å². The van der Waals surface area contributed by atoms with Gasteiger partial charge in [-0.25, -0.2) is 0 Å². The molecular formula is C14H18N4O2. The fraction of sp³-hybridized carbons (Fsp3) is 0.500. The normalized spacial score (nSPS) is 16.2. The molecule has 1 fully saturated rings. The first kappa shape index (κ1) is 14.3. The molecule has 1 heterocycles. The van der Waals surface area contributed by atoms with Crippen LogP contribution in [0.1, 0.15) is 19.4 Å². The highest BCUT2D eigenvalue weighted by molar-refractivity contribution is 5.66. The maximum atomic E-state index is 11.1. The second kappa shape index (κ2) is 5.88. The molecule has 1 aromatic carbocycles. The fourth-order valence-electron chi connectivity index (χ4n) is 2.48. The summed E-state index contributed by atoms with van der Waals surface area (Å²) in [6.45, 7) is 7.54. The third kappa shape index (κ3) is 2.89. The second-order valence-corrected chi connectivity index (χ2v) is 5.19. The van der Waals surface area contributed by atoms with Gasteiger partial charge in [-0.1, -0.05) is 0 Å². The van der Waals surface area contributed by atoms with E-state index in [-0.39, 0.29) is 10.6 Å². The van der Waals surface area contributed by atoms with Crippen molar-refractivity contribution in [3.63, 3.8) is 0 Å². The van der Waals surface area contributed by atoms with E-state index in [2.05, 4.69) is 18.7 Å². The van der Waals surface area contributed by atoms with E-state index in [9.17, 15) is 10.1 Å². The third-order valence-corrected chi connectivity index (χ3v) is 3.69. The number of hydrogen-bond donors (Lipinski definition) is 0. The third-order valence-electron chi connectivity index (χ3n) is 3.69. The van der Waals surface area contributed by atoms with Crippen LogP contribution in [0.4, 0.5) is 11.4 Å². The van der Waals surface area contributed by atoms with E-state index < -0.39 is 0 Å². The summed E-state index contributed by atoms with van der Waals surface area (Å²) in [6, 6.07) is 7.05. The number of anilines is 1. The van der Waals surface area contributed by atoms with E-state index in [1.807, 2.05) is 11.0 Å². The smallest absolute Gasteiger partial charge is 0.292 e.